The largest absolute Gasteiger partial charge is 0.391 e. The number of hydroxylamine groups is 1. The lowest BCUT2D eigenvalue weighted by atomic mass is 9.96. The van der Waals surface area contributed by atoms with E-state index < -0.39 is 6.04 Å². The summed E-state index contributed by atoms with van der Waals surface area (Å²) in [6.07, 6.45) is 2.48. The summed E-state index contributed by atoms with van der Waals surface area (Å²) in [5.74, 6) is 0.462. The van der Waals surface area contributed by atoms with E-state index in [2.05, 4.69) is 34.2 Å². The Bertz CT molecular complexity index is 891. The normalized spacial score (nSPS) is 15.1. The molecule has 0 bridgehead atoms. The summed E-state index contributed by atoms with van der Waals surface area (Å²) in [5.41, 5.74) is 8.86. The minimum absolute atomic E-state index is 0.184. The summed E-state index contributed by atoms with van der Waals surface area (Å²) in [6.45, 7) is 4.23. The smallest absolute Gasteiger partial charge is 0.243 e. The fourth-order valence-corrected chi connectivity index (χ4v) is 3.53. The van der Waals surface area contributed by atoms with Crippen molar-refractivity contribution in [2.24, 2.45) is 5.16 Å². The third-order valence-electron chi connectivity index (χ3n) is 5.28. The quantitative estimate of drug-likeness (QED) is 0.501. The summed E-state index contributed by atoms with van der Waals surface area (Å²) in [6, 6.07) is 13.6. The molecule has 0 heterocycles. The van der Waals surface area contributed by atoms with E-state index in [1.165, 1.54) is 25.5 Å². The topological polar surface area (TPSA) is 72.0 Å². The number of amides is 1. The third-order valence-corrected chi connectivity index (χ3v) is 5.28. The number of carbonyl (C=O) groups is 1. The second-order valence-corrected chi connectivity index (χ2v) is 7.32. The Kier molecular flexibility index (Phi) is 7.01. The number of aryl methyl sites for hydroxylation is 1. The summed E-state index contributed by atoms with van der Waals surface area (Å²) in [5, 5.41) is 7.04. The molecule has 0 radical (unpaired) electrons. The van der Waals surface area contributed by atoms with Crippen molar-refractivity contribution >= 4 is 11.6 Å². The van der Waals surface area contributed by atoms with Crippen LogP contribution in [-0.2, 0) is 21.1 Å². The van der Waals surface area contributed by atoms with E-state index in [9.17, 15) is 4.79 Å². The predicted octanol–water partition coefficient (Wildman–Crippen LogP) is 3.75. The monoisotopic (exact) mass is 395 g/mol. The highest BCUT2D eigenvalue weighted by atomic mass is 16.6. The molecule has 2 N–H and O–H groups in total. The van der Waals surface area contributed by atoms with Gasteiger partial charge in [0.1, 0.15) is 12.6 Å². The van der Waals surface area contributed by atoms with Crippen molar-refractivity contribution in [1.29, 1.82) is 0 Å². The van der Waals surface area contributed by atoms with Gasteiger partial charge in [0.15, 0.2) is 0 Å². The van der Waals surface area contributed by atoms with Gasteiger partial charge in [-0.1, -0.05) is 47.6 Å². The van der Waals surface area contributed by atoms with Crippen molar-refractivity contribution in [3.05, 3.63) is 70.3 Å². The van der Waals surface area contributed by atoms with Crippen LogP contribution in [0.25, 0.3) is 0 Å². The molecule has 1 fully saturated rings. The van der Waals surface area contributed by atoms with Gasteiger partial charge in [0.2, 0.25) is 5.91 Å². The van der Waals surface area contributed by atoms with Gasteiger partial charge in [0.25, 0.3) is 0 Å². The molecule has 1 aliphatic carbocycles. The summed E-state index contributed by atoms with van der Waals surface area (Å²) >= 11 is 0. The first-order valence-electron chi connectivity index (χ1n) is 9.91. The number of likely N-dealkylation sites (N-methyl/N-ethyl adjacent to an activating group) is 1. The van der Waals surface area contributed by atoms with Gasteiger partial charge in [-0.25, -0.2) is 0 Å². The molecule has 0 spiro atoms. The predicted molar refractivity (Wildman–Crippen MR) is 114 cm³/mol. The van der Waals surface area contributed by atoms with Crippen LogP contribution in [0.1, 0.15) is 59.5 Å². The molecule has 0 saturated heterocycles. The molecule has 1 amide bonds. The molecule has 154 valence electrons. The average molecular weight is 396 g/mol. The summed E-state index contributed by atoms with van der Waals surface area (Å²) < 4.78 is 0. The molecule has 3 rings (SSSR count). The molecular weight excluding hydrogens is 366 g/mol. The number of carbonyl (C=O) groups excluding carboxylic acids is 1. The Morgan fingerprint density at radius 2 is 1.97 bits per heavy atom. The molecule has 6 nitrogen and oxygen atoms in total. The lowest BCUT2D eigenvalue weighted by Crippen LogP contribution is -2.36. The van der Waals surface area contributed by atoms with Gasteiger partial charge in [0.05, 0.1) is 12.8 Å². The van der Waals surface area contributed by atoms with E-state index in [0.717, 1.165) is 28.0 Å². The van der Waals surface area contributed by atoms with Crippen molar-refractivity contribution in [2.75, 3.05) is 14.2 Å². The van der Waals surface area contributed by atoms with E-state index in [1.54, 1.807) is 7.05 Å². The highest BCUT2D eigenvalue weighted by Gasteiger charge is 2.26. The molecule has 6 heteroatoms. The van der Waals surface area contributed by atoms with E-state index >= 15 is 0 Å². The van der Waals surface area contributed by atoms with Gasteiger partial charge >= 0.3 is 0 Å². The second-order valence-electron chi connectivity index (χ2n) is 7.32. The zero-order valence-electron chi connectivity index (χ0n) is 17.5. The Morgan fingerprint density at radius 1 is 1.21 bits per heavy atom. The molecular formula is C23H29N3O3. The van der Waals surface area contributed by atoms with Crippen LogP contribution in [0.4, 0.5) is 0 Å². The van der Waals surface area contributed by atoms with Crippen molar-refractivity contribution in [2.45, 2.75) is 45.3 Å². The lowest BCUT2D eigenvalue weighted by molar-refractivity contribution is -0.126. The third kappa shape index (κ3) is 5.02. The van der Waals surface area contributed by atoms with Crippen LogP contribution in [-0.4, -0.2) is 25.8 Å². The first-order chi connectivity index (χ1) is 14.1. The summed E-state index contributed by atoms with van der Waals surface area (Å²) in [4.78, 5) is 23.1. The molecule has 1 atom stereocenters. The molecule has 1 aliphatic rings. The Labute approximate surface area is 172 Å². The Morgan fingerprint density at radius 3 is 2.66 bits per heavy atom. The number of nitrogens with zero attached hydrogens (tertiary/aromatic N) is 1. The van der Waals surface area contributed by atoms with Crippen LogP contribution in [0, 0.1) is 6.92 Å². The van der Waals surface area contributed by atoms with Gasteiger partial charge in [-0.15, -0.1) is 0 Å². The number of nitrogens with one attached hydrogen (secondary N) is 2. The number of oxime groups is 1. The summed E-state index contributed by atoms with van der Waals surface area (Å²) in [7, 11) is 3.09. The van der Waals surface area contributed by atoms with Crippen molar-refractivity contribution in [1.82, 2.24) is 10.8 Å². The Hall–Kier alpha value is -2.70. The van der Waals surface area contributed by atoms with Crippen LogP contribution >= 0.6 is 0 Å². The number of rotatable bonds is 9. The zero-order chi connectivity index (χ0) is 20.8. The van der Waals surface area contributed by atoms with Crippen molar-refractivity contribution < 1.29 is 14.5 Å². The molecule has 1 unspecified atom stereocenters. The average Bonchev–Trinajstić information content (AvgIpc) is 3.58. The van der Waals surface area contributed by atoms with Crippen LogP contribution in [0.5, 0.6) is 0 Å². The van der Waals surface area contributed by atoms with Crippen molar-refractivity contribution in [3.8, 4) is 0 Å². The first-order valence-corrected chi connectivity index (χ1v) is 9.91. The minimum Gasteiger partial charge on any atom is -0.391 e. The number of hydrogen-bond acceptors (Lipinski definition) is 5. The maximum absolute atomic E-state index is 12.3. The van der Waals surface area contributed by atoms with Crippen LogP contribution < -0.4 is 10.8 Å². The number of hydrogen-bond donors (Lipinski definition) is 2. The maximum atomic E-state index is 12.3. The van der Waals surface area contributed by atoms with Gasteiger partial charge in [0, 0.05) is 18.2 Å². The maximum Gasteiger partial charge on any atom is 0.243 e. The molecule has 2 aromatic carbocycles. The number of benzene rings is 2. The van der Waals surface area contributed by atoms with Gasteiger partial charge in [-0.05, 0) is 49.3 Å². The highest BCUT2D eigenvalue weighted by molar-refractivity contribution is 5.99. The highest BCUT2D eigenvalue weighted by Crippen LogP contribution is 2.41. The van der Waals surface area contributed by atoms with E-state index in [-0.39, 0.29) is 12.5 Å². The minimum atomic E-state index is -0.635. The first kappa shape index (κ1) is 21.0. The fraction of sp³-hybridized carbons (Fsp3) is 0.391. The fourth-order valence-electron chi connectivity index (χ4n) is 3.53. The Balaban J connectivity index is 1.80. The van der Waals surface area contributed by atoms with Crippen LogP contribution in [0.15, 0.2) is 47.6 Å². The van der Waals surface area contributed by atoms with Gasteiger partial charge in [-0.2, -0.15) is 5.48 Å². The van der Waals surface area contributed by atoms with Crippen LogP contribution in [0.2, 0.25) is 0 Å². The SMILES string of the molecule is CNC(=O)C(NOC)c1cccc(C)c1CO/N=C(\C)c1ccccc1C1CC1. The van der Waals surface area contributed by atoms with E-state index in [0.29, 0.717) is 5.92 Å². The zero-order valence-corrected chi connectivity index (χ0v) is 17.5. The molecule has 29 heavy (non-hydrogen) atoms. The van der Waals surface area contributed by atoms with E-state index in [4.69, 9.17) is 9.68 Å². The van der Waals surface area contributed by atoms with Gasteiger partial charge < -0.3 is 15.0 Å². The van der Waals surface area contributed by atoms with Gasteiger partial charge in [-0.3, -0.25) is 4.79 Å². The lowest BCUT2D eigenvalue weighted by Gasteiger charge is -2.20. The second kappa shape index (κ2) is 9.67. The standard InChI is InChI=1S/C23H29N3O3/c1-15-8-7-11-20(22(26-28-4)23(27)24-3)21(15)14-29-25-16(2)18-9-5-6-10-19(18)17-12-13-17/h5-11,17,22,26H,12-14H2,1-4H3,(H,24,27)/b25-16+. The molecule has 0 aliphatic heterocycles. The van der Waals surface area contributed by atoms with E-state index in [1.807, 2.05) is 38.1 Å². The molecule has 1 saturated carbocycles. The van der Waals surface area contributed by atoms with Crippen LogP contribution in [0.3, 0.4) is 0 Å². The molecule has 0 aromatic heterocycles. The molecule has 2 aromatic rings. The van der Waals surface area contributed by atoms with Crippen molar-refractivity contribution in [3.63, 3.8) is 0 Å².